The van der Waals surface area contributed by atoms with Gasteiger partial charge in [-0.2, -0.15) is 0 Å². The van der Waals surface area contributed by atoms with Crippen molar-refractivity contribution in [3.8, 4) is 0 Å². The van der Waals surface area contributed by atoms with Crippen LogP contribution in [0.5, 0.6) is 0 Å². The number of fused-ring (bicyclic) bond motifs is 2. The molecular formula is C18H17NOS. The third kappa shape index (κ3) is 2.26. The van der Waals surface area contributed by atoms with E-state index in [1.807, 2.05) is 30.0 Å². The van der Waals surface area contributed by atoms with Crippen molar-refractivity contribution in [2.75, 3.05) is 23.7 Å². The fraction of sp³-hybridized carbons (Fsp3) is 0.278. The lowest BCUT2D eigenvalue weighted by Crippen LogP contribution is -2.35. The Labute approximate surface area is 129 Å². The summed E-state index contributed by atoms with van der Waals surface area (Å²) in [5.74, 6) is 1.99. The van der Waals surface area contributed by atoms with Gasteiger partial charge in [0.1, 0.15) is 0 Å². The smallest absolute Gasteiger partial charge is 0.166 e. The van der Waals surface area contributed by atoms with Crippen LogP contribution in [0.1, 0.15) is 28.3 Å². The number of carbonyl (C=O) groups is 1. The lowest BCUT2D eigenvalue weighted by molar-refractivity contribution is 0.0980. The van der Waals surface area contributed by atoms with E-state index in [4.69, 9.17) is 0 Å². The second-order valence-corrected chi connectivity index (χ2v) is 6.74. The maximum Gasteiger partial charge on any atom is 0.166 e. The largest absolute Gasteiger partial charge is 0.370 e. The number of benzene rings is 2. The molecule has 0 aromatic heterocycles. The van der Waals surface area contributed by atoms with Gasteiger partial charge in [0.05, 0.1) is 0 Å². The van der Waals surface area contributed by atoms with E-state index in [0.717, 1.165) is 30.1 Å². The number of thioether (sulfide) groups is 1. The summed E-state index contributed by atoms with van der Waals surface area (Å²) >= 11 is 1.95. The number of para-hydroxylation sites is 1. The third-order valence-corrected chi connectivity index (χ3v) is 5.65. The summed E-state index contributed by atoms with van der Waals surface area (Å²) in [6.45, 7) is 1.85. The van der Waals surface area contributed by atoms with E-state index in [0.29, 0.717) is 12.3 Å². The molecule has 0 aliphatic carbocycles. The number of ketones is 1. The van der Waals surface area contributed by atoms with Gasteiger partial charge in [-0.15, -0.1) is 11.8 Å². The monoisotopic (exact) mass is 295 g/mol. The van der Waals surface area contributed by atoms with Crippen LogP contribution in [0.25, 0.3) is 0 Å². The van der Waals surface area contributed by atoms with Gasteiger partial charge in [0.15, 0.2) is 5.78 Å². The number of hydrogen-bond donors (Lipinski definition) is 0. The van der Waals surface area contributed by atoms with Crippen molar-refractivity contribution < 1.29 is 4.79 Å². The number of nitrogens with zero attached hydrogens (tertiary/aromatic N) is 1. The summed E-state index contributed by atoms with van der Waals surface area (Å²) in [5, 5.41) is 0. The maximum absolute atomic E-state index is 12.0. The minimum absolute atomic E-state index is 0.281. The van der Waals surface area contributed by atoms with Crippen molar-refractivity contribution in [1.82, 2.24) is 0 Å². The van der Waals surface area contributed by atoms with Gasteiger partial charge in [-0.1, -0.05) is 30.3 Å². The zero-order valence-electron chi connectivity index (χ0n) is 11.8. The Bertz CT molecular complexity index is 697. The summed E-state index contributed by atoms with van der Waals surface area (Å²) in [6.07, 6.45) is 0.637. The Kier molecular flexibility index (Phi) is 3.23. The zero-order valence-corrected chi connectivity index (χ0v) is 12.6. The molecule has 0 fully saturated rings. The van der Waals surface area contributed by atoms with E-state index < -0.39 is 0 Å². The van der Waals surface area contributed by atoms with E-state index in [9.17, 15) is 4.79 Å². The second kappa shape index (κ2) is 5.23. The van der Waals surface area contributed by atoms with Crippen LogP contribution in [-0.4, -0.2) is 24.6 Å². The summed E-state index contributed by atoms with van der Waals surface area (Å²) in [7, 11) is 0. The van der Waals surface area contributed by atoms with Crippen molar-refractivity contribution >= 4 is 23.2 Å². The first kappa shape index (κ1) is 13.0. The number of rotatable bonds is 2. The lowest BCUT2D eigenvalue weighted by atomic mass is 9.96. The van der Waals surface area contributed by atoms with Gasteiger partial charge in [-0.25, -0.2) is 0 Å². The molecule has 106 valence electrons. The quantitative estimate of drug-likeness (QED) is 0.836. The molecule has 0 spiro atoms. The molecule has 3 heteroatoms. The average molecular weight is 295 g/mol. The molecule has 2 aromatic rings. The molecule has 0 amide bonds. The van der Waals surface area contributed by atoms with Crippen LogP contribution in [0.2, 0.25) is 0 Å². The highest BCUT2D eigenvalue weighted by Crippen LogP contribution is 2.40. The molecule has 2 aliphatic rings. The van der Waals surface area contributed by atoms with Gasteiger partial charge in [0.25, 0.3) is 0 Å². The maximum atomic E-state index is 12.0. The highest BCUT2D eigenvalue weighted by molar-refractivity contribution is 7.99. The molecule has 2 nitrogen and oxygen atoms in total. The van der Waals surface area contributed by atoms with Crippen LogP contribution in [0.15, 0.2) is 53.4 Å². The molecular weight excluding hydrogens is 278 g/mol. The molecule has 0 saturated carbocycles. The van der Waals surface area contributed by atoms with Crippen molar-refractivity contribution in [1.29, 1.82) is 0 Å². The third-order valence-electron chi connectivity index (χ3n) is 4.39. The lowest BCUT2D eigenvalue weighted by Gasteiger charge is -2.32. The predicted molar refractivity (Wildman–Crippen MR) is 87.5 cm³/mol. The molecule has 21 heavy (non-hydrogen) atoms. The second-order valence-electron chi connectivity index (χ2n) is 5.68. The first-order valence-electron chi connectivity index (χ1n) is 7.42. The SMILES string of the molecule is O=C1CCN(CC2CSc3ccccc32)c2ccccc21. The average Bonchev–Trinajstić information content (AvgIpc) is 2.94. The topological polar surface area (TPSA) is 20.3 Å². The van der Waals surface area contributed by atoms with Gasteiger partial charge < -0.3 is 4.90 Å². The Balaban J connectivity index is 1.62. The molecule has 0 N–H and O–H groups in total. The fourth-order valence-corrected chi connectivity index (χ4v) is 4.55. The molecule has 1 unspecified atom stereocenters. The fourth-order valence-electron chi connectivity index (χ4n) is 3.31. The highest BCUT2D eigenvalue weighted by Gasteiger charge is 2.28. The number of carbonyl (C=O) groups excluding carboxylic acids is 1. The van der Waals surface area contributed by atoms with Crippen LogP contribution < -0.4 is 4.90 Å². The number of anilines is 1. The minimum atomic E-state index is 0.281. The van der Waals surface area contributed by atoms with Gasteiger partial charge in [-0.05, 0) is 23.8 Å². The van der Waals surface area contributed by atoms with E-state index >= 15 is 0 Å². The van der Waals surface area contributed by atoms with Crippen LogP contribution in [0, 0.1) is 0 Å². The Morgan fingerprint density at radius 3 is 2.86 bits per heavy atom. The summed E-state index contributed by atoms with van der Waals surface area (Å²) in [5.41, 5.74) is 3.47. The first-order chi connectivity index (χ1) is 10.3. The predicted octanol–water partition coefficient (Wildman–Crippen LogP) is 3.97. The molecule has 1 atom stereocenters. The van der Waals surface area contributed by atoms with Crippen LogP contribution >= 0.6 is 11.8 Å². The zero-order chi connectivity index (χ0) is 14.2. The van der Waals surface area contributed by atoms with Crippen LogP contribution in [0.3, 0.4) is 0 Å². The van der Waals surface area contributed by atoms with E-state index in [2.05, 4.69) is 35.2 Å². The molecule has 2 heterocycles. The van der Waals surface area contributed by atoms with E-state index in [-0.39, 0.29) is 5.78 Å². The molecule has 2 aliphatic heterocycles. The van der Waals surface area contributed by atoms with Crippen molar-refractivity contribution in [3.05, 3.63) is 59.7 Å². The molecule has 0 bridgehead atoms. The van der Waals surface area contributed by atoms with Crippen molar-refractivity contribution in [2.24, 2.45) is 0 Å². The van der Waals surface area contributed by atoms with Crippen molar-refractivity contribution in [2.45, 2.75) is 17.2 Å². The van der Waals surface area contributed by atoms with Gasteiger partial charge in [0.2, 0.25) is 0 Å². The number of hydrogen-bond acceptors (Lipinski definition) is 3. The van der Waals surface area contributed by atoms with E-state index in [1.54, 1.807) is 0 Å². The molecule has 2 aromatic carbocycles. The standard InChI is InChI=1S/C18H17NOS/c20-17-9-10-19(16-7-3-1-6-15(16)17)11-13-12-21-18-8-4-2-5-14(13)18/h1-8,13H,9-12H2. The van der Waals surface area contributed by atoms with E-state index in [1.165, 1.54) is 10.5 Å². The molecule has 4 rings (SSSR count). The van der Waals surface area contributed by atoms with Gasteiger partial charge in [0, 0.05) is 47.3 Å². The molecule has 0 radical (unpaired) electrons. The normalized spacial score (nSPS) is 20.3. The van der Waals surface area contributed by atoms with Gasteiger partial charge in [-0.3, -0.25) is 4.79 Å². The summed E-state index contributed by atoms with van der Waals surface area (Å²) in [4.78, 5) is 15.8. The Morgan fingerprint density at radius 2 is 1.90 bits per heavy atom. The van der Waals surface area contributed by atoms with Crippen LogP contribution in [-0.2, 0) is 0 Å². The van der Waals surface area contributed by atoms with Gasteiger partial charge >= 0.3 is 0 Å². The highest BCUT2D eigenvalue weighted by atomic mass is 32.2. The first-order valence-corrected chi connectivity index (χ1v) is 8.40. The van der Waals surface area contributed by atoms with Crippen LogP contribution in [0.4, 0.5) is 5.69 Å². The Morgan fingerprint density at radius 1 is 1.10 bits per heavy atom. The van der Waals surface area contributed by atoms with Crippen molar-refractivity contribution in [3.63, 3.8) is 0 Å². The summed E-state index contributed by atoms with van der Waals surface area (Å²) in [6, 6.07) is 16.7. The summed E-state index contributed by atoms with van der Waals surface area (Å²) < 4.78 is 0. The number of Topliss-reactive ketones (excluding diaryl/α,β-unsaturated/α-hetero) is 1. The molecule has 0 saturated heterocycles. The Hall–Kier alpha value is -1.74. The minimum Gasteiger partial charge on any atom is -0.370 e.